The molecular formula is C20H17FS. The highest BCUT2D eigenvalue weighted by Crippen LogP contribution is 2.28. The van der Waals surface area contributed by atoms with E-state index in [0.717, 1.165) is 28.0 Å². The Kier molecular flexibility index (Phi) is 4.30. The summed E-state index contributed by atoms with van der Waals surface area (Å²) in [6, 6.07) is 21.2. The third kappa shape index (κ3) is 3.07. The van der Waals surface area contributed by atoms with Gasteiger partial charge in [0, 0.05) is 10.5 Å². The molecule has 0 saturated heterocycles. The highest BCUT2D eigenvalue weighted by molar-refractivity contribution is 7.80. The van der Waals surface area contributed by atoms with E-state index >= 15 is 0 Å². The van der Waals surface area contributed by atoms with E-state index < -0.39 is 0 Å². The van der Waals surface area contributed by atoms with Crippen LogP contribution in [0.3, 0.4) is 0 Å². The van der Waals surface area contributed by atoms with E-state index in [4.69, 9.17) is 0 Å². The molecule has 3 aromatic carbocycles. The second-order valence-corrected chi connectivity index (χ2v) is 5.81. The molecule has 0 fully saturated rings. The van der Waals surface area contributed by atoms with Gasteiger partial charge in [-0.15, -0.1) is 12.6 Å². The average Bonchev–Trinajstić information content (AvgIpc) is 2.56. The zero-order chi connectivity index (χ0) is 15.5. The zero-order valence-electron chi connectivity index (χ0n) is 12.4. The molecule has 0 heterocycles. The molecule has 0 aliphatic rings. The number of benzene rings is 3. The van der Waals surface area contributed by atoms with E-state index in [1.165, 1.54) is 5.56 Å². The highest BCUT2D eigenvalue weighted by atomic mass is 32.1. The van der Waals surface area contributed by atoms with E-state index in [9.17, 15) is 4.39 Å². The minimum atomic E-state index is -0.198. The fraction of sp³-hybridized carbons (Fsp3) is 0.100. The first-order valence-corrected chi connectivity index (χ1v) is 7.80. The van der Waals surface area contributed by atoms with Crippen LogP contribution in [0.4, 0.5) is 4.39 Å². The molecule has 0 spiro atoms. The monoisotopic (exact) mass is 308 g/mol. The molecule has 110 valence electrons. The molecule has 0 unspecified atom stereocenters. The van der Waals surface area contributed by atoms with Crippen LogP contribution in [0.15, 0.2) is 71.6 Å². The number of aryl methyl sites for hydroxylation is 1. The van der Waals surface area contributed by atoms with E-state index in [2.05, 4.69) is 19.6 Å². The zero-order valence-corrected chi connectivity index (χ0v) is 13.3. The third-order valence-corrected chi connectivity index (χ3v) is 4.14. The van der Waals surface area contributed by atoms with E-state index in [1.807, 2.05) is 60.7 Å². The Morgan fingerprint density at radius 2 is 1.36 bits per heavy atom. The Hall–Kier alpha value is -2.06. The summed E-state index contributed by atoms with van der Waals surface area (Å²) in [7, 11) is 0. The van der Waals surface area contributed by atoms with Gasteiger partial charge in [0.2, 0.25) is 0 Å². The van der Waals surface area contributed by atoms with Crippen molar-refractivity contribution < 1.29 is 4.39 Å². The van der Waals surface area contributed by atoms with Crippen LogP contribution in [-0.2, 0) is 6.42 Å². The standard InChI is InChI=1S/C20H17FS/c1-2-14-3-5-16(6-4-14)19-12-9-17(13-20(19)21)15-7-10-18(22)11-8-15/h3-13,22H,2H2,1H3. The van der Waals surface area contributed by atoms with E-state index in [0.29, 0.717) is 5.56 Å². The second-order valence-electron chi connectivity index (χ2n) is 5.29. The molecule has 0 radical (unpaired) electrons. The number of hydrogen-bond acceptors (Lipinski definition) is 1. The van der Waals surface area contributed by atoms with Crippen LogP contribution in [0.1, 0.15) is 12.5 Å². The van der Waals surface area contributed by atoms with E-state index in [1.54, 1.807) is 6.07 Å². The summed E-state index contributed by atoms with van der Waals surface area (Å²) >= 11 is 4.27. The number of rotatable bonds is 3. The minimum absolute atomic E-state index is 0.198. The Morgan fingerprint density at radius 1 is 0.773 bits per heavy atom. The van der Waals surface area contributed by atoms with Gasteiger partial charge in [-0.05, 0) is 46.9 Å². The van der Waals surface area contributed by atoms with Crippen LogP contribution in [0.2, 0.25) is 0 Å². The lowest BCUT2D eigenvalue weighted by atomic mass is 9.98. The van der Waals surface area contributed by atoms with Gasteiger partial charge in [0.15, 0.2) is 0 Å². The van der Waals surface area contributed by atoms with Crippen molar-refractivity contribution in [3.05, 3.63) is 78.1 Å². The molecule has 2 heteroatoms. The summed E-state index contributed by atoms with van der Waals surface area (Å²) in [6.07, 6.45) is 0.989. The fourth-order valence-corrected chi connectivity index (χ4v) is 2.65. The maximum atomic E-state index is 14.5. The van der Waals surface area contributed by atoms with Crippen molar-refractivity contribution in [2.75, 3.05) is 0 Å². The van der Waals surface area contributed by atoms with Gasteiger partial charge in [-0.2, -0.15) is 0 Å². The van der Waals surface area contributed by atoms with Gasteiger partial charge in [0.05, 0.1) is 0 Å². The van der Waals surface area contributed by atoms with Crippen molar-refractivity contribution in [1.29, 1.82) is 0 Å². The van der Waals surface area contributed by atoms with Gasteiger partial charge >= 0.3 is 0 Å². The Bertz CT molecular complexity index is 774. The first-order chi connectivity index (χ1) is 10.7. The maximum absolute atomic E-state index is 14.5. The van der Waals surface area contributed by atoms with E-state index in [-0.39, 0.29) is 5.82 Å². The molecule has 0 aliphatic carbocycles. The van der Waals surface area contributed by atoms with Crippen LogP contribution < -0.4 is 0 Å². The number of thiol groups is 1. The lowest BCUT2D eigenvalue weighted by Crippen LogP contribution is -1.87. The molecule has 0 bridgehead atoms. The third-order valence-electron chi connectivity index (χ3n) is 3.84. The van der Waals surface area contributed by atoms with Crippen LogP contribution in [0.5, 0.6) is 0 Å². The molecule has 22 heavy (non-hydrogen) atoms. The average molecular weight is 308 g/mol. The summed E-state index contributed by atoms with van der Waals surface area (Å²) in [4.78, 5) is 0.900. The smallest absolute Gasteiger partial charge is 0.131 e. The van der Waals surface area contributed by atoms with Crippen molar-refractivity contribution in [1.82, 2.24) is 0 Å². The molecule has 0 aromatic heterocycles. The molecule has 0 saturated carbocycles. The predicted octanol–water partition coefficient (Wildman–Crippen LogP) is 6.01. The van der Waals surface area contributed by atoms with Crippen LogP contribution in [0.25, 0.3) is 22.3 Å². The van der Waals surface area contributed by atoms with Crippen molar-refractivity contribution in [3.8, 4) is 22.3 Å². The molecule has 0 aliphatic heterocycles. The SMILES string of the molecule is CCc1ccc(-c2ccc(-c3ccc(S)cc3)cc2F)cc1. The summed E-state index contributed by atoms with van der Waals surface area (Å²) in [5, 5.41) is 0. The van der Waals surface area contributed by atoms with Crippen LogP contribution in [-0.4, -0.2) is 0 Å². The predicted molar refractivity (Wildman–Crippen MR) is 93.9 cm³/mol. The minimum Gasteiger partial charge on any atom is -0.206 e. The van der Waals surface area contributed by atoms with Gasteiger partial charge in [0.25, 0.3) is 0 Å². The normalized spacial score (nSPS) is 10.7. The summed E-state index contributed by atoms with van der Waals surface area (Å²) < 4.78 is 14.5. The molecule has 0 N–H and O–H groups in total. The lowest BCUT2D eigenvalue weighted by Gasteiger charge is -2.08. The van der Waals surface area contributed by atoms with Gasteiger partial charge in [-0.3, -0.25) is 0 Å². The molecular weight excluding hydrogens is 291 g/mol. The van der Waals surface area contributed by atoms with Crippen molar-refractivity contribution >= 4 is 12.6 Å². The number of halogens is 1. The Morgan fingerprint density at radius 3 is 1.95 bits per heavy atom. The van der Waals surface area contributed by atoms with Crippen molar-refractivity contribution in [3.63, 3.8) is 0 Å². The molecule has 3 rings (SSSR count). The maximum Gasteiger partial charge on any atom is 0.131 e. The van der Waals surface area contributed by atoms with Crippen molar-refractivity contribution in [2.45, 2.75) is 18.2 Å². The summed E-state index contributed by atoms with van der Waals surface area (Å²) in [5.41, 5.74) is 4.67. The fourth-order valence-electron chi connectivity index (χ4n) is 2.50. The first-order valence-electron chi connectivity index (χ1n) is 7.35. The van der Waals surface area contributed by atoms with Crippen molar-refractivity contribution in [2.24, 2.45) is 0 Å². The molecule has 0 nitrogen and oxygen atoms in total. The highest BCUT2D eigenvalue weighted by Gasteiger charge is 2.07. The van der Waals surface area contributed by atoms with Gasteiger partial charge in [0.1, 0.15) is 5.82 Å². The Labute approximate surface area is 136 Å². The summed E-state index contributed by atoms with van der Waals surface area (Å²) in [5.74, 6) is -0.198. The first kappa shape index (κ1) is 14.9. The van der Waals surface area contributed by atoms with Crippen LogP contribution in [0, 0.1) is 5.82 Å². The van der Waals surface area contributed by atoms with Gasteiger partial charge in [-0.1, -0.05) is 55.5 Å². The molecule has 0 amide bonds. The topological polar surface area (TPSA) is 0 Å². The molecule has 0 atom stereocenters. The second kappa shape index (κ2) is 6.37. The van der Waals surface area contributed by atoms with Crippen LogP contribution >= 0.6 is 12.6 Å². The largest absolute Gasteiger partial charge is 0.206 e. The lowest BCUT2D eigenvalue weighted by molar-refractivity contribution is 0.632. The summed E-state index contributed by atoms with van der Waals surface area (Å²) in [6.45, 7) is 2.11. The number of hydrogen-bond donors (Lipinski definition) is 1. The van der Waals surface area contributed by atoms with Gasteiger partial charge < -0.3 is 0 Å². The Balaban J connectivity index is 1.96. The molecule has 3 aromatic rings. The van der Waals surface area contributed by atoms with Gasteiger partial charge in [-0.25, -0.2) is 4.39 Å². The quantitative estimate of drug-likeness (QED) is 0.563.